The van der Waals surface area contributed by atoms with Crippen LogP contribution in [0.4, 0.5) is 19.3 Å². The van der Waals surface area contributed by atoms with Crippen molar-refractivity contribution in [2.45, 2.75) is 20.0 Å². The van der Waals surface area contributed by atoms with Gasteiger partial charge in [0.1, 0.15) is 23.5 Å². The summed E-state index contributed by atoms with van der Waals surface area (Å²) in [5.41, 5.74) is 1.45. The summed E-state index contributed by atoms with van der Waals surface area (Å²) in [6, 6.07) is 16.6. The second kappa shape index (κ2) is 8.69. The topological polar surface area (TPSA) is 60.5 Å². The standard InChI is InChI=1S/C23H18F2N2O3S/c1-13-8-10-17(24)20(21(13)25)14(2)29-16-9-11-18-19(12-16)31-23(27-18)30-22(28)26-15-6-4-3-5-7-15/h3-12,14H,1-2H3,(H,26,28). The fourth-order valence-corrected chi connectivity index (χ4v) is 3.90. The highest BCUT2D eigenvalue weighted by molar-refractivity contribution is 7.20. The predicted octanol–water partition coefficient (Wildman–Crippen LogP) is 6.63. The highest BCUT2D eigenvalue weighted by Crippen LogP contribution is 2.33. The number of carbonyl (C=O) groups is 1. The number of aryl methyl sites for hydroxylation is 1. The molecule has 0 fully saturated rings. The van der Waals surface area contributed by atoms with Gasteiger partial charge in [-0.2, -0.15) is 0 Å². The molecule has 1 aromatic heterocycles. The summed E-state index contributed by atoms with van der Waals surface area (Å²) in [6.45, 7) is 3.16. The molecule has 0 aliphatic rings. The van der Waals surface area contributed by atoms with Gasteiger partial charge >= 0.3 is 6.09 Å². The lowest BCUT2D eigenvalue weighted by atomic mass is 10.1. The molecule has 0 bridgehead atoms. The summed E-state index contributed by atoms with van der Waals surface area (Å²) in [5, 5.41) is 2.79. The lowest BCUT2D eigenvalue weighted by Crippen LogP contribution is -2.16. The normalized spacial score (nSPS) is 11.9. The first kappa shape index (κ1) is 20.7. The minimum atomic E-state index is -0.836. The summed E-state index contributed by atoms with van der Waals surface area (Å²) in [5.74, 6) is -0.856. The van der Waals surface area contributed by atoms with Crippen LogP contribution >= 0.6 is 11.3 Å². The molecule has 0 radical (unpaired) electrons. The van der Waals surface area contributed by atoms with E-state index in [1.54, 1.807) is 56.3 Å². The van der Waals surface area contributed by atoms with E-state index >= 15 is 0 Å². The first-order chi connectivity index (χ1) is 14.9. The molecule has 5 nitrogen and oxygen atoms in total. The Bertz CT molecular complexity index is 1240. The second-order valence-corrected chi connectivity index (χ2v) is 7.84. The number of thiazole rings is 1. The predicted molar refractivity (Wildman–Crippen MR) is 116 cm³/mol. The number of nitrogens with one attached hydrogen (secondary N) is 1. The number of rotatable bonds is 5. The molecule has 1 heterocycles. The molecule has 0 saturated carbocycles. The number of benzene rings is 3. The number of carbonyl (C=O) groups excluding carboxylic acids is 1. The Morgan fingerprint density at radius 2 is 1.87 bits per heavy atom. The Morgan fingerprint density at radius 1 is 1.10 bits per heavy atom. The Morgan fingerprint density at radius 3 is 2.65 bits per heavy atom. The van der Waals surface area contributed by atoms with Crippen LogP contribution in [0.1, 0.15) is 24.2 Å². The van der Waals surface area contributed by atoms with Gasteiger partial charge in [-0.25, -0.2) is 18.6 Å². The quantitative estimate of drug-likeness (QED) is 0.378. The Kier molecular flexibility index (Phi) is 5.81. The van der Waals surface area contributed by atoms with E-state index in [2.05, 4.69) is 10.3 Å². The number of halogens is 2. The molecule has 8 heteroatoms. The van der Waals surface area contributed by atoms with Crippen LogP contribution in [0.2, 0.25) is 0 Å². The van der Waals surface area contributed by atoms with Crippen molar-refractivity contribution in [2.24, 2.45) is 0 Å². The van der Waals surface area contributed by atoms with Gasteiger partial charge in [0.2, 0.25) is 0 Å². The summed E-state index contributed by atoms with van der Waals surface area (Å²) in [7, 11) is 0. The van der Waals surface area contributed by atoms with Crippen LogP contribution in [0.3, 0.4) is 0 Å². The van der Waals surface area contributed by atoms with Gasteiger partial charge < -0.3 is 9.47 Å². The zero-order valence-corrected chi connectivity index (χ0v) is 17.5. The third kappa shape index (κ3) is 4.64. The maximum atomic E-state index is 14.4. The average Bonchev–Trinajstić information content (AvgIpc) is 3.13. The van der Waals surface area contributed by atoms with E-state index < -0.39 is 23.8 Å². The molecule has 0 aliphatic carbocycles. The molecular formula is C23H18F2N2O3S. The van der Waals surface area contributed by atoms with Gasteiger partial charge in [-0.05, 0) is 55.8 Å². The van der Waals surface area contributed by atoms with Gasteiger partial charge in [-0.3, -0.25) is 5.32 Å². The largest absolute Gasteiger partial charge is 0.486 e. The molecule has 3 aromatic carbocycles. The van der Waals surface area contributed by atoms with Crippen molar-refractivity contribution < 1.29 is 23.0 Å². The first-order valence-corrected chi connectivity index (χ1v) is 10.3. The van der Waals surface area contributed by atoms with Crippen LogP contribution in [0, 0.1) is 18.6 Å². The number of para-hydroxylation sites is 1. The fraction of sp³-hybridized carbons (Fsp3) is 0.130. The molecule has 1 unspecified atom stereocenters. The highest BCUT2D eigenvalue weighted by Gasteiger charge is 2.20. The van der Waals surface area contributed by atoms with Gasteiger partial charge in [-0.1, -0.05) is 35.6 Å². The zero-order chi connectivity index (χ0) is 22.0. The average molecular weight is 440 g/mol. The third-order valence-electron chi connectivity index (χ3n) is 4.58. The van der Waals surface area contributed by atoms with E-state index in [9.17, 15) is 13.6 Å². The van der Waals surface area contributed by atoms with Crippen molar-refractivity contribution in [3.05, 3.63) is 83.4 Å². The Balaban J connectivity index is 1.49. The molecule has 31 heavy (non-hydrogen) atoms. The van der Waals surface area contributed by atoms with Crippen molar-refractivity contribution in [3.63, 3.8) is 0 Å². The molecule has 1 amide bonds. The number of nitrogens with zero attached hydrogens (tertiary/aromatic N) is 1. The van der Waals surface area contributed by atoms with Crippen LogP contribution in [-0.4, -0.2) is 11.1 Å². The van der Waals surface area contributed by atoms with Crippen molar-refractivity contribution in [3.8, 4) is 10.9 Å². The van der Waals surface area contributed by atoms with E-state index in [1.807, 2.05) is 6.07 Å². The molecular weight excluding hydrogens is 422 g/mol. The Labute approximate surface area is 181 Å². The molecule has 0 saturated heterocycles. The van der Waals surface area contributed by atoms with E-state index in [4.69, 9.17) is 9.47 Å². The lowest BCUT2D eigenvalue weighted by molar-refractivity contribution is 0.214. The monoisotopic (exact) mass is 440 g/mol. The Hall–Kier alpha value is -3.52. The molecule has 4 rings (SSSR count). The minimum Gasteiger partial charge on any atom is -0.486 e. The van der Waals surface area contributed by atoms with Crippen molar-refractivity contribution in [2.75, 3.05) is 5.32 Å². The van der Waals surface area contributed by atoms with Crippen molar-refractivity contribution in [1.82, 2.24) is 4.98 Å². The van der Waals surface area contributed by atoms with E-state index in [-0.39, 0.29) is 10.8 Å². The third-order valence-corrected chi connectivity index (χ3v) is 5.48. The molecule has 0 spiro atoms. The number of hydrogen-bond acceptors (Lipinski definition) is 5. The maximum absolute atomic E-state index is 14.4. The number of ether oxygens (including phenoxy) is 2. The van der Waals surface area contributed by atoms with E-state index in [1.165, 1.54) is 12.1 Å². The van der Waals surface area contributed by atoms with Gasteiger partial charge in [0.25, 0.3) is 5.19 Å². The van der Waals surface area contributed by atoms with Crippen LogP contribution in [0.5, 0.6) is 10.9 Å². The number of fused-ring (bicyclic) bond motifs is 1. The van der Waals surface area contributed by atoms with Gasteiger partial charge in [0.05, 0.1) is 15.8 Å². The zero-order valence-electron chi connectivity index (χ0n) is 16.7. The molecule has 158 valence electrons. The van der Waals surface area contributed by atoms with Crippen molar-refractivity contribution in [1.29, 1.82) is 0 Å². The van der Waals surface area contributed by atoms with Crippen LogP contribution in [-0.2, 0) is 0 Å². The molecule has 4 aromatic rings. The van der Waals surface area contributed by atoms with Crippen LogP contribution in [0.25, 0.3) is 10.2 Å². The molecule has 0 aliphatic heterocycles. The van der Waals surface area contributed by atoms with Crippen molar-refractivity contribution >= 4 is 33.3 Å². The smallest absolute Gasteiger partial charge is 0.419 e. The van der Waals surface area contributed by atoms with E-state index in [0.29, 0.717) is 27.2 Å². The summed E-state index contributed by atoms with van der Waals surface area (Å²) in [4.78, 5) is 16.3. The summed E-state index contributed by atoms with van der Waals surface area (Å²) < 4.78 is 40.2. The SMILES string of the molecule is Cc1ccc(F)c(C(C)Oc2ccc3nc(OC(=O)Nc4ccccc4)sc3c2)c1F. The second-order valence-electron chi connectivity index (χ2n) is 6.84. The van der Waals surface area contributed by atoms with E-state index in [0.717, 1.165) is 11.3 Å². The fourth-order valence-electron chi connectivity index (χ4n) is 3.06. The molecule has 1 atom stereocenters. The minimum absolute atomic E-state index is 0.119. The lowest BCUT2D eigenvalue weighted by Gasteiger charge is -2.17. The first-order valence-electron chi connectivity index (χ1n) is 9.46. The highest BCUT2D eigenvalue weighted by atomic mass is 32.1. The molecule has 1 N–H and O–H groups in total. The number of hydrogen-bond donors (Lipinski definition) is 1. The number of amides is 1. The van der Waals surface area contributed by atoms with Gasteiger partial charge in [-0.15, -0.1) is 0 Å². The number of anilines is 1. The van der Waals surface area contributed by atoms with Gasteiger partial charge in [0.15, 0.2) is 0 Å². The maximum Gasteiger partial charge on any atom is 0.419 e. The summed E-state index contributed by atoms with van der Waals surface area (Å²) in [6.07, 6.45) is -1.49. The number of aromatic nitrogens is 1. The summed E-state index contributed by atoms with van der Waals surface area (Å²) >= 11 is 1.16. The van der Waals surface area contributed by atoms with Crippen LogP contribution in [0.15, 0.2) is 60.7 Å². The van der Waals surface area contributed by atoms with Gasteiger partial charge in [0, 0.05) is 5.69 Å². The van der Waals surface area contributed by atoms with Crippen LogP contribution < -0.4 is 14.8 Å².